The number of anilines is 1. The van der Waals surface area contributed by atoms with Gasteiger partial charge in [0.15, 0.2) is 5.69 Å². The molecular formula is C12H20N4O2. The zero-order valence-corrected chi connectivity index (χ0v) is 10.9. The molecule has 2 N–H and O–H groups in total. The number of hydrogen-bond acceptors (Lipinski definition) is 4. The molecule has 6 heteroatoms. The number of rotatable bonds is 6. The van der Waals surface area contributed by atoms with E-state index in [0.717, 1.165) is 12.5 Å². The van der Waals surface area contributed by atoms with E-state index in [1.807, 2.05) is 0 Å². The van der Waals surface area contributed by atoms with E-state index in [1.54, 1.807) is 29.9 Å². The van der Waals surface area contributed by atoms with Crippen molar-refractivity contribution in [3.05, 3.63) is 11.9 Å². The van der Waals surface area contributed by atoms with Crippen LogP contribution in [0.5, 0.6) is 0 Å². The molecule has 0 radical (unpaired) electrons. The first-order chi connectivity index (χ1) is 8.58. The zero-order chi connectivity index (χ0) is 13.1. The molecule has 1 aromatic rings. The van der Waals surface area contributed by atoms with Gasteiger partial charge in [0.1, 0.15) is 0 Å². The largest absolute Gasteiger partial charge is 0.396 e. The zero-order valence-electron chi connectivity index (χ0n) is 10.9. The van der Waals surface area contributed by atoms with E-state index >= 15 is 0 Å². The van der Waals surface area contributed by atoms with Crippen molar-refractivity contribution < 1.29 is 9.53 Å². The van der Waals surface area contributed by atoms with Crippen LogP contribution in [0.4, 0.5) is 5.69 Å². The molecule has 0 spiro atoms. The Kier molecular flexibility index (Phi) is 3.86. The smallest absolute Gasteiger partial charge is 0.276 e. The Morgan fingerprint density at radius 3 is 2.94 bits per heavy atom. The van der Waals surface area contributed by atoms with Crippen molar-refractivity contribution in [1.82, 2.24) is 14.7 Å². The van der Waals surface area contributed by atoms with Gasteiger partial charge in [-0.05, 0) is 18.8 Å². The Morgan fingerprint density at radius 1 is 1.67 bits per heavy atom. The molecule has 1 saturated carbocycles. The molecule has 0 aliphatic heterocycles. The van der Waals surface area contributed by atoms with Gasteiger partial charge < -0.3 is 15.4 Å². The minimum Gasteiger partial charge on any atom is -0.396 e. The van der Waals surface area contributed by atoms with E-state index in [4.69, 9.17) is 10.5 Å². The second kappa shape index (κ2) is 5.39. The third-order valence-electron chi connectivity index (χ3n) is 3.03. The van der Waals surface area contributed by atoms with E-state index in [-0.39, 0.29) is 5.91 Å². The van der Waals surface area contributed by atoms with E-state index < -0.39 is 0 Å². The predicted molar refractivity (Wildman–Crippen MR) is 68.1 cm³/mol. The SMILES string of the molecule is CN(CCOCC1CC1)C(=O)c1nn(C)cc1N. The average molecular weight is 252 g/mol. The first kappa shape index (κ1) is 12.9. The summed E-state index contributed by atoms with van der Waals surface area (Å²) in [6.07, 6.45) is 4.18. The lowest BCUT2D eigenvalue weighted by Crippen LogP contribution is -2.31. The number of aryl methyl sites for hydroxylation is 1. The molecular weight excluding hydrogens is 232 g/mol. The van der Waals surface area contributed by atoms with Crippen LogP contribution in [0.2, 0.25) is 0 Å². The minimum absolute atomic E-state index is 0.164. The van der Waals surface area contributed by atoms with Crippen LogP contribution in [0.3, 0.4) is 0 Å². The molecule has 1 aromatic heterocycles. The lowest BCUT2D eigenvalue weighted by Gasteiger charge is -2.16. The van der Waals surface area contributed by atoms with Crippen molar-refractivity contribution in [3.63, 3.8) is 0 Å². The average Bonchev–Trinajstić information content (AvgIpc) is 3.08. The van der Waals surface area contributed by atoms with Gasteiger partial charge in [-0.1, -0.05) is 0 Å². The van der Waals surface area contributed by atoms with Crippen molar-refractivity contribution in [3.8, 4) is 0 Å². The molecule has 0 saturated heterocycles. The Balaban J connectivity index is 1.78. The molecule has 1 heterocycles. The maximum Gasteiger partial charge on any atom is 0.276 e. The number of nitrogens with zero attached hydrogens (tertiary/aromatic N) is 3. The summed E-state index contributed by atoms with van der Waals surface area (Å²) < 4.78 is 7.04. The molecule has 0 bridgehead atoms. The molecule has 0 aromatic carbocycles. The summed E-state index contributed by atoms with van der Waals surface area (Å²) in [6.45, 7) is 1.93. The van der Waals surface area contributed by atoms with Gasteiger partial charge >= 0.3 is 0 Å². The van der Waals surface area contributed by atoms with Crippen LogP contribution < -0.4 is 5.73 Å². The van der Waals surface area contributed by atoms with Gasteiger partial charge in [-0.3, -0.25) is 9.48 Å². The monoisotopic (exact) mass is 252 g/mol. The molecule has 100 valence electrons. The summed E-state index contributed by atoms with van der Waals surface area (Å²) >= 11 is 0. The number of nitrogens with two attached hydrogens (primary N) is 1. The molecule has 1 aliphatic rings. The Bertz CT molecular complexity index is 426. The van der Waals surface area contributed by atoms with E-state index in [1.165, 1.54) is 12.8 Å². The highest BCUT2D eigenvalue weighted by molar-refractivity contribution is 5.96. The molecule has 18 heavy (non-hydrogen) atoms. The second-order valence-electron chi connectivity index (χ2n) is 4.85. The van der Waals surface area contributed by atoms with Crippen LogP contribution in [-0.2, 0) is 11.8 Å². The lowest BCUT2D eigenvalue weighted by molar-refractivity contribution is 0.0676. The molecule has 0 unspecified atom stereocenters. The third-order valence-corrected chi connectivity index (χ3v) is 3.03. The van der Waals surface area contributed by atoms with Crippen molar-refractivity contribution in [2.75, 3.05) is 32.5 Å². The van der Waals surface area contributed by atoms with Gasteiger partial charge in [0, 0.05) is 33.4 Å². The Labute approximate surface area is 107 Å². The highest BCUT2D eigenvalue weighted by Crippen LogP contribution is 2.28. The highest BCUT2D eigenvalue weighted by atomic mass is 16.5. The number of ether oxygens (including phenoxy) is 1. The second-order valence-corrected chi connectivity index (χ2v) is 4.85. The third kappa shape index (κ3) is 3.22. The standard InChI is InChI=1S/C12H20N4O2/c1-15(5-6-18-8-9-3-4-9)12(17)11-10(13)7-16(2)14-11/h7,9H,3-6,8,13H2,1-2H3. The quantitative estimate of drug-likeness (QED) is 0.748. The lowest BCUT2D eigenvalue weighted by atomic mass is 10.3. The number of carbonyl (C=O) groups is 1. The molecule has 2 rings (SSSR count). The molecule has 0 atom stereocenters. The maximum absolute atomic E-state index is 12.0. The molecule has 1 fully saturated rings. The summed E-state index contributed by atoms with van der Waals surface area (Å²) in [6, 6.07) is 0. The number of aromatic nitrogens is 2. The van der Waals surface area contributed by atoms with Gasteiger partial charge in [-0.2, -0.15) is 5.10 Å². The summed E-state index contributed by atoms with van der Waals surface area (Å²) in [4.78, 5) is 13.6. The van der Waals surface area contributed by atoms with E-state index in [9.17, 15) is 4.79 Å². The van der Waals surface area contributed by atoms with E-state index in [2.05, 4.69) is 5.10 Å². The minimum atomic E-state index is -0.164. The van der Waals surface area contributed by atoms with Crippen LogP contribution in [-0.4, -0.2) is 47.4 Å². The number of carbonyl (C=O) groups excluding carboxylic acids is 1. The van der Waals surface area contributed by atoms with Crippen LogP contribution in [0.1, 0.15) is 23.3 Å². The summed E-state index contributed by atoms with van der Waals surface area (Å²) in [7, 11) is 3.48. The highest BCUT2D eigenvalue weighted by Gasteiger charge is 2.22. The van der Waals surface area contributed by atoms with E-state index in [0.29, 0.717) is 24.5 Å². The van der Waals surface area contributed by atoms with Crippen molar-refractivity contribution in [2.24, 2.45) is 13.0 Å². The molecule has 1 aliphatic carbocycles. The van der Waals surface area contributed by atoms with Gasteiger partial charge in [-0.15, -0.1) is 0 Å². The Hall–Kier alpha value is -1.56. The predicted octanol–water partition coefficient (Wildman–Crippen LogP) is 0.501. The fourth-order valence-corrected chi connectivity index (χ4v) is 1.69. The number of amides is 1. The summed E-state index contributed by atoms with van der Waals surface area (Å²) in [5.74, 6) is 0.584. The molecule has 6 nitrogen and oxygen atoms in total. The first-order valence-corrected chi connectivity index (χ1v) is 6.20. The van der Waals surface area contributed by atoms with Gasteiger partial charge in [-0.25, -0.2) is 0 Å². The van der Waals surface area contributed by atoms with Crippen molar-refractivity contribution in [1.29, 1.82) is 0 Å². The van der Waals surface area contributed by atoms with Crippen LogP contribution in [0.15, 0.2) is 6.20 Å². The van der Waals surface area contributed by atoms with Crippen molar-refractivity contribution >= 4 is 11.6 Å². The van der Waals surface area contributed by atoms with Gasteiger partial charge in [0.2, 0.25) is 0 Å². The Morgan fingerprint density at radius 2 is 2.39 bits per heavy atom. The normalized spacial score (nSPS) is 14.8. The number of nitrogen functional groups attached to an aromatic ring is 1. The first-order valence-electron chi connectivity index (χ1n) is 6.20. The van der Waals surface area contributed by atoms with Crippen LogP contribution >= 0.6 is 0 Å². The fourth-order valence-electron chi connectivity index (χ4n) is 1.69. The number of likely N-dealkylation sites (N-methyl/N-ethyl adjacent to an activating group) is 1. The summed E-state index contributed by atoms with van der Waals surface area (Å²) in [5, 5.41) is 4.06. The van der Waals surface area contributed by atoms with Gasteiger partial charge in [0.25, 0.3) is 5.91 Å². The number of hydrogen-bond donors (Lipinski definition) is 1. The molecule has 1 amide bonds. The maximum atomic E-state index is 12.0. The van der Waals surface area contributed by atoms with Crippen molar-refractivity contribution in [2.45, 2.75) is 12.8 Å². The topological polar surface area (TPSA) is 73.4 Å². The van der Waals surface area contributed by atoms with Gasteiger partial charge in [0.05, 0.1) is 12.3 Å². The summed E-state index contributed by atoms with van der Waals surface area (Å²) in [5.41, 5.74) is 6.44. The van der Waals surface area contributed by atoms with Crippen LogP contribution in [0.25, 0.3) is 0 Å². The van der Waals surface area contributed by atoms with Crippen LogP contribution in [0, 0.1) is 5.92 Å². The fraction of sp³-hybridized carbons (Fsp3) is 0.667.